The number of allylic oxidation sites excluding steroid dienone is 3. The predicted octanol–water partition coefficient (Wildman–Crippen LogP) is 15.9. The fraction of sp³-hybridized carbons (Fsp3) is 0.375. The van der Waals surface area contributed by atoms with Gasteiger partial charge < -0.3 is 38.0 Å². The highest BCUT2D eigenvalue weighted by Gasteiger charge is 2.68. The van der Waals surface area contributed by atoms with E-state index in [1.165, 1.54) is 126 Å². The van der Waals surface area contributed by atoms with Crippen LogP contribution in [0.2, 0.25) is 0 Å². The van der Waals surface area contributed by atoms with Crippen molar-refractivity contribution in [3.63, 3.8) is 0 Å². The monoisotopic (exact) mass is 1800 g/mol. The molecule has 24 heteroatoms. The number of benzene rings is 8. The van der Waals surface area contributed by atoms with Gasteiger partial charge >= 0.3 is 0 Å². The van der Waals surface area contributed by atoms with Crippen LogP contribution in [-0.2, 0) is 0 Å². The summed E-state index contributed by atoms with van der Waals surface area (Å²) in [6, 6.07) is 90.4. The molecular formula is C112H122N24. The lowest BCUT2D eigenvalue weighted by molar-refractivity contribution is 0.0188. The topological polar surface area (TPSA) is 232 Å². The molecular weight excluding hydrogens is 1680 g/mol. The Hall–Kier alpha value is -12.6. The van der Waals surface area contributed by atoms with Gasteiger partial charge in [0.2, 0.25) is 0 Å². The lowest BCUT2D eigenvalue weighted by Crippen LogP contribution is -2.66. The van der Waals surface area contributed by atoms with E-state index < -0.39 is 0 Å². The van der Waals surface area contributed by atoms with Crippen molar-refractivity contribution in [3.05, 3.63) is 328 Å². The molecule has 8 bridgehead atoms. The van der Waals surface area contributed by atoms with Crippen molar-refractivity contribution < 1.29 is 0 Å². The van der Waals surface area contributed by atoms with E-state index in [4.69, 9.17) is 42.5 Å². The maximum absolute atomic E-state index is 4.99. The Morgan fingerprint density at radius 3 is 0.684 bits per heavy atom. The van der Waals surface area contributed by atoms with Crippen LogP contribution in [0.5, 0.6) is 0 Å². The van der Waals surface area contributed by atoms with Gasteiger partial charge in [-0.25, -0.2) is 0 Å². The maximum atomic E-state index is 4.99. The third kappa shape index (κ3) is 13.0. The van der Waals surface area contributed by atoms with Crippen molar-refractivity contribution in [1.82, 2.24) is 79.9 Å². The zero-order valence-electron chi connectivity index (χ0n) is 76.4. The molecule has 30 atom stereocenters. The van der Waals surface area contributed by atoms with Crippen molar-refractivity contribution in [1.29, 1.82) is 0 Å². The fourth-order valence-electron chi connectivity index (χ4n) is 30.7. The Balaban J connectivity index is 0.676. The first-order valence-corrected chi connectivity index (χ1v) is 51.2. The quantitative estimate of drug-likeness (QED) is 0.0431. The van der Waals surface area contributed by atoms with Gasteiger partial charge in [-0.2, -0.15) is 0 Å². The van der Waals surface area contributed by atoms with Gasteiger partial charge in [-0.3, -0.25) is 85.4 Å². The molecule has 8 aromatic carbocycles. The van der Waals surface area contributed by atoms with Gasteiger partial charge in [0.15, 0.2) is 0 Å². The summed E-state index contributed by atoms with van der Waals surface area (Å²) in [6.07, 6.45) is 39.5. The Morgan fingerprint density at radius 2 is 0.426 bits per heavy atom. The molecule has 29 rings (SSSR count). The highest BCUT2D eigenvalue weighted by Crippen LogP contribution is 2.58. The van der Waals surface area contributed by atoms with Gasteiger partial charge in [0, 0.05) is 152 Å². The summed E-state index contributed by atoms with van der Waals surface area (Å²) in [6.45, 7) is 0. The molecule has 0 spiro atoms. The van der Waals surface area contributed by atoms with E-state index in [-0.39, 0.29) is 157 Å². The van der Waals surface area contributed by atoms with E-state index in [1.54, 1.807) is 0 Å². The standard InChI is InChI=1S/C112H122N24/c1-17-41-81-65(25-1)49-57-129(81)121-97-73-33-9-10-34-74(73)98(122-130-58-50-66-26-2-18-42-82(66)130)90-89(97)105-113-106(90)118-108-93-94(102(126-134-62-54-70-30-6-22-46-86(70)134)78-38-14-13-37-77(78)101(93)125-133-61-53-69-29-5-21-45-85(69)133)110(115-108)120-112-96-95(103(127-135-63-55-71-31-7-23-47-87(71)135)79-39-15-16-40-80(79)104(96)128-136-64-56-72-32-8-24-48-88(72)136)111(116-112)119-109-92-91(107(114-109)117-105)99(123-131-59-51-67-27-3-19-43-83(67)131)75-35-11-12-36-76(75)100(92)124-132-60-52-68-28-4-20-44-84(68)132/h1-10,17-34,41-64,73,75-80,89-97,99-128H,11-16,35-40H2. The number of aromatic nitrogens is 8. The average molecular weight is 1800 g/mol. The van der Waals surface area contributed by atoms with Crippen LogP contribution in [0.4, 0.5) is 0 Å². The molecule has 5 aliphatic heterocycles. The highest BCUT2D eigenvalue weighted by atomic mass is 15.5. The van der Waals surface area contributed by atoms with Crippen LogP contribution in [0.25, 0.3) is 87.2 Å². The first kappa shape index (κ1) is 80.6. The minimum Gasteiger partial charge on any atom is -0.322 e. The van der Waals surface area contributed by atoms with Gasteiger partial charge in [0.1, 0.15) is 0 Å². The second-order valence-electron chi connectivity index (χ2n) is 42.3. The normalized spacial score (nSPS) is 34.8. The third-order valence-corrected chi connectivity index (χ3v) is 36.1. The van der Waals surface area contributed by atoms with Crippen LogP contribution >= 0.6 is 0 Å². The van der Waals surface area contributed by atoms with Crippen molar-refractivity contribution in [2.45, 2.75) is 169 Å². The minimum atomic E-state index is -0.356. The Bertz CT molecular complexity index is 7290. The van der Waals surface area contributed by atoms with E-state index in [1.807, 2.05) is 0 Å². The van der Waals surface area contributed by atoms with Crippen molar-refractivity contribution in [2.75, 3.05) is 43.4 Å². The Labute approximate surface area is 791 Å². The molecule has 24 nitrogen and oxygen atoms in total. The van der Waals surface area contributed by atoms with Crippen LogP contribution in [0.15, 0.2) is 328 Å². The molecule has 690 valence electrons. The molecule has 5 saturated heterocycles. The number of para-hydroxylation sites is 8. The largest absolute Gasteiger partial charge is 0.322 e. The second-order valence-corrected chi connectivity index (χ2v) is 42.3. The zero-order valence-corrected chi connectivity index (χ0v) is 76.4. The summed E-state index contributed by atoms with van der Waals surface area (Å²) in [4.78, 5) is 0. The average Bonchev–Trinajstić information content (AvgIpc) is 1.55. The van der Waals surface area contributed by atoms with Crippen LogP contribution < -0.4 is 85.9 Å². The molecule has 6 saturated carbocycles. The number of hydrogen-bond donors (Lipinski definition) is 16. The lowest BCUT2D eigenvalue weighted by Gasteiger charge is -2.55. The number of fused-ring (bicyclic) bond motifs is 32. The summed E-state index contributed by atoms with van der Waals surface area (Å²) in [5.41, 5.74) is 48.5. The van der Waals surface area contributed by atoms with Crippen molar-refractivity contribution in [3.8, 4) is 0 Å². The van der Waals surface area contributed by atoms with E-state index in [9.17, 15) is 0 Å². The second kappa shape index (κ2) is 32.5. The first-order chi connectivity index (χ1) is 67.4. The lowest BCUT2D eigenvalue weighted by atomic mass is 9.57. The summed E-state index contributed by atoms with van der Waals surface area (Å²) >= 11 is 0. The van der Waals surface area contributed by atoms with Crippen molar-refractivity contribution >= 4 is 87.2 Å². The van der Waals surface area contributed by atoms with Crippen LogP contribution in [0.3, 0.4) is 0 Å². The van der Waals surface area contributed by atoms with E-state index in [2.05, 4.69) is 397 Å². The highest BCUT2D eigenvalue weighted by molar-refractivity contribution is 5.86. The predicted molar refractivity (Wildman–Crippen MR) is 545 cm³/mol. The Kier molecular flexibility index (Phi) is 19.3. The molecule has 136 heavy (non-hydrogen) atoms. The number of nitrogens with one attached hydrogen (secondary N) is 16. The molecule has 0 amide bonds. The molecule has 13 aliphatic rings. The van der Waals surface area contributed by atoms with Crippen molar-refractivity contribution in [2.24, 2.45) is 88.8 Å². The molecule has 11 fully saturated rings. The summed E-state index contributed by atoms with van der Waals surface area (Å²) in [7, 11) is 0. The number of hydrogen-bond acceptors (Lipinski definition) is 16. The molecule has 30 unspecified atom stereocenters. The smallest absolute Gasteiger partial charge is 0.0696 e. The summed E-state index contributed by atoms with van der Waals surface area (Å²) < 4.78 is 19.3. The molecule has 8 aromatic heterocycles. The van der Waals surface area contributed by atoms with Gasteiger partial charge in [-0.1, -0.05) is 208 Å². The van der Waals surface area contributed by atoms with Gasteiger partial charge in [0.05, 0.1) is 136 Å². The minimum absolute atomic E-state index is 0.000564. The Morgan fingerprint density at radius 1 is 0.213 bits per heavy atom. The zero-order chi connectivity index (χ0) is 88.9. The van der Waals surface area contributed by atoms with E-state index >= 15 is 0 Å². The van der Waals surface area contributed by atoms with E-state index in [0.29, 0.717) is 23.7 Å². The molecule has 16 N–H and O–H groups in total. The molecule has 13 heterocycles. The number of rotatable bonds is 16. The summed E-state index contributed by atoms with van der Waals surface area (Å²) in [5.74, 6) is 1.20. The maximum Gasteiger partial charge on any atom is 0.0696 e. The number of nitrogens with zero attached hydrogens (tertiary/aromatic N) is 8. The fourth-order valence-corrected chi connectivity index (χ4v) is 30.7. The molecule has 16 aromatic rings. The van der Waals surface area contributed by atoms with Gasteiger partial charge in [-0.05, 0) is 177 Å². The third-order valence-electron chi connectivity index (χ3n) is 36.1. The molecule has 0 radical (unpaired) electrons. The summed E-state index contributed by atoms with van der Waals surface area (Å²) in [5, 5.41) is 49.1. The van der Waals surface area contributed by atoms with Crippen LogP contribution in [0.1, 0.15) is 77.0 Å². The van der Waals surface area contributed by atoms with E-state index in [0.717, 1.165) is 49.6 Å². The van der Waals surface area contributed by atoms with Gasteiger partial charge in [-0.15, -0.1) is 0 Å². The molecule has 8 aliphatic carbocycles. The first-order valence-electron chi connectivity index (χ1n) is 51.2. The SMILES string of the molecule is C1=CC2=C(Nn3ccc4ccccc43)C3C4NC(NC5NC(NC6NC(NC7NC(N4)C4C(Nn8ccc9ccccc98)C8CCCCC8C(Nn8ccc9ccccc98)C74)C4C(Nn7ccc8ccccc87)C7CCCCC7C(Nn7ccc8ccccc87)C64)C4C(Nn6ccc7ccccc76)C6CCCCC6C(Nn6ccc7ccccc76)C54)C3C(Nn3ccc4ccccc43)C2C=C1. The van der Waals surface area contributed by atoms with Gasteiger partial charge in [0.25, 0.3) is 0 Å². The van der Waals surface area contributed by atoms with Crippen LogP contribution in [0, 0.1) is 88.8 Å². The van der Waals surface area contributed by atoms with Crippen LogP contribution in [-0.4, -0.2) is 129 Å².